The van der Waals surface area contributed by atoms with E-state index in [0.717, 1.165) is 30.8 Å². The number of rotatable bonds is 5. The highest BCUT2D eigenvalue weighted by Gasteiger charge is 2.34. The van der Waals surface area contributed by atoms with Crippen molar-refractivity contribution in [1.29, 1.82) is 0 Å². The van der Waals surface area contributed by atoms with Crippen LogP contribution in [0.3, 0.4) is 0 Å². The first-order valence-corrected chi connectivity index (χ1v) is 9.92. The second-order valence-electron chi connectivity index (χ2n) is 7.56. The lowest BCUT2D eigenvalue weighted by molar-refractivity contribution is -0.138. The number of hydrogen-bond acceptors (Lipinski definition) is 5. The number of furan rings is 1. The summed E-state index contributed by atoms with van der Waals surface area (Å²) >= 11 is 0. The van der Waals surface area contributed by atoms with Crippen LogP contribution < -0.4 is 0 Å². The van der Waals surface area contributed by atoms with Crippen LogP contribution in [0.2, 0.25) is 0 Å². The van der Waals surface area contributed by atoms with E-state index in [2.05, 4.69) is 10.00 Å². The maximum Gasteiger partial charge on any atom is 0.356 e. The van der Waals surface area contributed by atoms with Crippen LogP contribution in [0, 0.1) is 5.92 Å². The molecule has 8 heteroatoms. The Kier molecular flexibility index (Phi) is 5.21. The van der Waals surface area contributed by atoms with Gasteiger partial charge in [-0.25, -0.2) is 4.79 Å². The van der Waals surface area contributed by atoms with Crippen molar-refractivity contribution in [1.82, 2.24) is 19.6 Å². The smallest absolute Gasteiger partial charge is 0.356 e. The SMILES string of the molecule is CCn1nc(C(=O)O)c2c1CCN(C(=O)[C@@H]1CCCN(Cc3ccco3)C1)C2. The van der Waals surface area contributed by atoms with Gasteiger partial charge in [0.2, 0.25) is 5.91 Å². The van der Waals surface area contributed by atoms with Gasteiger partial charge in [-0.3, -0.25) is 14.4 Å². The van der Waals surface area contributed by atoms with Gasteiger partial charge in [-0.2, -0.15) is 5.10 Å². The Hall–Kier alpha value is -2.61. The van der Waals surface area contributed by atoms with Gasteiger partial charge in [-0.15, -0.1) is 0 Å². The summed E-state index contributed by atoms with van der Waals surface area (Å²) in [6.07, 6.45) is 4.17. The number of carbonyl (C=O) groups excluding carboxylic acids is 1. The highest BCUT2D eigenvalue weighted by molar-refractivity contribution is 5.88. The lowest BCUT2D eigenvalue weighted by atomic mass is 9.94. The van der Waals surface area contributed by atoms with Crippen molar-refractivity contribution in [3.8, 4) is 0 Å². The zero-order chi connectivity index (χ0) is 19.7. The molecule has 2 aromatic heterocycles. The highest BCUT2D eigenvalue weighted by atomic mass is 16.4. The minimum absolute atomic E-state index is 0.0558. The van der Waals surface area contributed by atoms with E-state index in [1.807, 2.05) is 24.0 Å². The van der Waals surface area contributed by atoms with Crippen molar-refractivity contribution in [3.63, 3.8) is 0 Å². The summed E-state index contributed by atoms with van der Waals surface area (Å²) < 4.78 is 7.19. The van der Waals surface area contributed by atoms with Gasteiger partial charge < -0.3 is 14.4 Å². The number of amides is 1. The number of aromatic carboxylic acids is 1. The minimum atomic E-state index is -1.03. The van der Waals surface area contributed by atoms with Gasteiger partial charge in [0.05, 0.1) is 18.7 Å². The van der Waals surface area contributed by atoms with Crippen LogP contribution in [0.15, 0.2) is 22.8 Å². The van der Waals surface area contributed by atoms with Crippen LogP contribution in [0.25, 0.3) is 0 Å². The molecule has 1 N–H and O–H groups in total. The van der Waals surface area contributed by atoms with E-state index in [4.69, 9.17) is 4.42 Å². The molecule has 8 nitrogen and oxygen atoms in total. The summed E-state index contributed by atoms with van der Waals surface area (Å²) in [5, 5.41) is 13.7. The summed E-state index contributed by atoms with van der Waals surface area (Å²) in [6.45, 7) is 5.92. The Balaban J connectivity index is 1.46. The van der Waals surface area contributed by atoms with Crippen molar-refractivity contribution in [3.05, 3.63) is 41.1 Å². The lowest BCUT2D eigenvalue weighted by Crippen LogP contribution is -2.46. The molecular weight excluding hydrogens is 360 g/mol. The van der Waals surface area contributed by atoms with Crippen LogP contribution in [-0.4, -0.2) is 56.2 Å². The molecule has 1 amide bonds. The van der Waals surface area contributed by atoms with E-state index in [9.17, 15) is 14.7 Å². The number of carboxylic acids is 1. The molecule has 2 aliphatic rings. The summed E-state index contributed by atoms with van der Waals surface area (Å²) in [4.78, 5) is 28.8. The number of aromatic nitrogens is 2. The number of piperidine rings is 1. The summed E-state index contributed by atoms with van der Waals surface area (Å²) in [7, 11) is 0. The first kappa shape index (κ1) is 18.7. The first-order chi connectivity index (χ1) is 13.6. The Morgan fingerprint density at radius 1 is 1.36 bits per heavy atom. The van der Waals surface area contributed by atoms with Crippen molar-refractivity contribution in [2.75, 3.05) is 19.6 Å². The van der Waals surface area contributed by atoms with Crippen LogP contribution >= 0.6 is 0 Å². The molecule has 1 saturated heterocycles. The largest absolute Gasteiger partial charge is 0.476 e. The molecule has 4 rings (SSSR count). The van der Waals surface area contributed by atoms with Crippen molar-refractivity contribution in [2.45, 2.75) is 45.8 Å². The fraction of sp³-hybridized carbons (Fsp3) is 0.550. The van der Waals surface area contributed by atoms with Crippen LogP contribution in [0.5, 0.6) is 0 Å². The van der Waals surface area contributed by atoms with Gasteiger partial charge in [0, 0.05) is 43.9 Å². The van der Waals surface area contributed by atoms with E-state index >= 15 is 0 Å². The molecule has 0 spiro atoms. The quantitative estimate of drug-likeness (QED) is 0.845. The summed E-state index contributed by atoms with van der Waals surface area (Å²) in [5.41, 5.74) is 1.72. The maximum atomic E-state index is 13.2. The molecule has 150 valence electrons. The van der Waals surface area contributed by atoms with E-state index < -0.39 is 5.97 Å². The highest BCUT2D eigenvalue weighted by Crippen LogP contribution is 2.27. The molecule has 2 aliphatic heterocycles. The molecule has 0 aromatic carbocycles. The third-order valence-electron chi connectivity index (χ3n) is 5.76. The lowest BCUT2D eigenvalue weighted by Gasteiger charge is -2.36. The minimum Gasteiger partial charge on any atom is -0.476 e. The molecule has 28 heavy (non-hydrogen) atoms. The van der Waals surface area contributed by atoms with Gasteiger partial charge in [0.1, 0.15) is 5.76 Å². The number of aryl methyl sites for hydroxylation is 1. The molecular formula is C20H26N4O4. The first-order valence-electron chi connectivity index (χ1n) is 9.92. The molecule has 0 bridgehead atoms. The number of nitrogens with zero attached hydrogens (tertiary/aromatic N) is 4. The zero-order valence-electron chi connectivity index (χ0n) is 16.1. The van der Waals surface area contributed by atoms with Crippen LogP contribution in [0.1, 0.15) is 47.3 Å². The second-order valence-corrected chi connectivity index (χ2v) is 7.56. The Bertz CT molecular complexity index is 858. The van der Waals surface area contributed by atoms with E-state index in [1.54, 1.807) is 10.9 Å². The third kappa shape index (κ3) is 3.56. The van der Waals surface area contributed by atoms with E-state index in [1.165, 1.54) is 0 Å². The molecule has 2 aromatic rings. The van der Waals surface area contributed by atoms with Crippen molar-refractivity contribution < 1.29 is 19.1 Å². The van der Waals surface area contributed by atoms with Crippen molar-refractivity contribution >= 4 is 11.9 Å². The number of carbonyl (C=O) groups is 2. The monoisotopic (exact) mass is 386 g/mol. The van der Waals surface area contributed by atoms with Crippen molar-refractivity contribution in [2.24, 2.45) is 5.92 Å². The average Bonchev–Trinajstić information content (AvgIpc) is 3.34. The Labute approximate surface area is 163 Å². The maximum absolute atomic E-state index is 13.2. The fourth-order valence-corrected chi connectivity index (χ4v) is 4.39. The van der Waals surface area contributed by atoms with E-state index in [0.29, 0.717) is 44.7 Å². The molecule has 0 unspecified atom stereocenters. The molecule has 1 fully saturated rings. The molecule has 4 heterocycles. The Morgan fingerprint density at radius 3 is 2.93 bits per heavy atom. The van der Waals surface area contributed by atoms with Gasteiger partial charge in [0.25, 0.3) is 0 Å². The standard InChI is InChI=1S/C20H26N4O4/c1-2-24-17-7-9-23(13-16(17)18(21-24)20(26)27)19(25)14-5-3-8-22(11-14)12-15-6-4-10-28-15/h4,6,10,14H,2-3,5,7-9,11-13H2,1H3,(H,26,27)/t14-/m1/s1. The van der Waals surface area contributed by atoms with Gasteiger partial charge >= 0.3 is 5.97 Å². The topological polar surface area (TPSA) is 91.8 Å². The summed E-state index contributed by atoms with van der Waals surface area (Å²) in [5.74, 6) is -0.0519. The van der Waals surface area contributed by atoms with Gasteiger partial charge in [-0.1, -0.05) is 0 Å². The Morgan fingerprint density at radius 2 is 2.21 bits per heavy atom. The third-order valence-corrected chi connectivity index (χ3v) is 5.76. The zero-order valence-corrected chi connectivity index (χ0v) is 16.1. The molecule has 0 saturated carbocycles. The second kappa shape index (κ2) is 7.79. The van der Waals surface area contributed by atoms with Gasteiger partial charge in [0.15, 0.2) is 5.69 Å². The van der Waals surface area contributed by atoms with Crippen LogP contribution in [0.4, 0.5) is 0 Å². The number of hydrogen-bond donors (Lipinski definition) is 1. The number of likely N-dealkylation sites (tertiary alicyclic amines) is 1. The average molecular weight is 386 g/mol. The fourth-order valence-electron chi connectivity index (χ4n) is 4.39. The number of fused-ring (bicyclic) bond motifs is 1. The van der Waals surface area contributed by atoms with E-state index in [-0.39, 0.29) is 17.5 Å². The predicted molar refractivity (Wildman–Crippen MR) is 101 cm³/mol. The molecule has 0 aliphatic carbocycles. The predicted octanol–water partition coefficient (Wildman–Crippen LogP) is 1.99. The van der Waals surface area contributed by atoms with Crippen LogP contribution in [-0.2, 0) is 30.8 Å². The number of carboxylic acid groups (broad SMARTS) is 1. The normalized spacial score (nSPS) is 20.2. The molecule has 1 atom stereocenters. The summed E-state index contributed by atoms with van der Waals surface area (Å²) in [6, 6.07) is 3.83. The molecule has 0 radical (unpaired) electrons. The van der Waals surface area contributed by atoms with Gasteiger partial charge in [-0.05, 0) is 38.4 Å².